The molecule has 3 heteroatoms. The molecule has 2 aromatic rings. The quantitative estimate of drug-likeness (QED) is 0.367. The minimum absolute atomic E-state index is 0.136. The molecule has 2 atom stereocenters. The minimum Gasteiger partial charge on any atom is -0.298 e. The van der Waals surface area contributed by atoms with E-state index >= 15 is 0 Å². The average Bonchev–Trinajstić information content (AvgIpc) is 2.64. The lowest BCUT2D eigenvalue weighted by Crippen LogP contribution is -2.23. The predicted octanol–water partition coefficient (Wildman–Crippen LogP) is 7.16. The second-order valence-electron chi connectivity index (χ2n) is 7.46. The van der Waals surface area contributed by atoms with Gasteiger partial charge in [0.1, 0.15) is 5.78 Å². The fourth-order valence-electron chi connectivity index (χ4n) is 3.13. The highest BCUT2D eigenvalue weighted by Gasteiger charge is 2.28. The molecule has 0 saturated heterocycles. The summed E-state index contributed by atoms with van der Waals surface area (Å²) in [5, 5.41) is 1.28. The molecule has 2 aromatic carbocycles. The van der Waals surface area contributed by atoms with Crippen molar-refractivity contribution in [1.29, 1.82) is 0 Å². The molecule has 0 aromatic heterocycles. The van der Waals surface area contributed by atoms with Crippen LogP contribution in [0.25, 0.3) is 0 Å². The van der Waals surface area contributed by atoms with Crippen molar-refractivity contribution in [3.05, 3.63) is 70.8 Å². The number of hydrogen-bond donors (Lipinski definition) is 0. The lowest BCUT2D eigenvalue weighted by molar-refractivity contribution is -0.121. The Hall–Kier alpha value is -0.930. The largest absolute Gasteiger partial charge is 0.298 e. The third kappa shape index (κ3) is 5.07. The number of rotatable bonds is 8. The molecule has 140 valence electrons. The Kier molecular flexibility index (Phi) is 8.09. The molecular weight excluding hydrogens is 452 g/mol. The number of hydrogen-bond acceptors (Lipinski definition) is 1. The van der Waals surface area contributed by atoms with E-state index in [4.69, 9.17) is 0 Å². The number of carbonyl (C=O) groups excluding carboxylic acids is 1. The van der Waals surface area contributed by atoms with Crippen LogP contribution >= 0.6 is 31.9 Å². The molecule has 0 saturated carbocycles. The molecule has 0 radical (unpaired) electrons. The topological polar surface area (TPSA) is 17.1 Å². The van der Waals surface area contributed by atoms with E-state index in [1.54, 1.807) is 0 Å². The Morgan fingerprint density at radius 2 is 0.923 bits per heavy atom. The van der Waals surface area contributed by atoms with Crippen molar-refractivity contribution in [1.82, 2.24) is 0 Å². The third-order valence-electron chi connectivity index (χ3n) is 5.01. The van der Waals surface area contributed by atoms with Gasteiger partial charge in [-0.1, -0.05) is 108 Å². The average molecular weight is 480 g/mol. The van der Waals surface area contributed by atoms with Crippen LogP contribution < -0.4 is 0 Å². The van der Waals surface area contributed by atoms with Gasteiger partial charge in [0.2, 0.25) is 0 Å². The third-order valence-corrected chi connectivity index (χ3v) is 6.30. The van der Waals surface area contributed by atoms with Gasteiger partial charge in [0.25, 0.3) is 0 Å². The number of benzene rings is 2. The summed E-state index contributed by atoms with van der Waals surface area (Å²) in [6.45, 7) is 8.74. The Morgan fingerprint density at radius 3 is 1.15 bits per heavy atom. The highest BCUT2D eigenvalue weighted by Crippen LogP contribution is 2.31. The van der Waals surface area contributed by atoms with E-state index < -0.39 is 0 Å². The number of alkyl halides is 2. The van der Waals surface area contributed by atoms with Gasteiger partial charge in [-0.15, -0.1) is 0 Å². The van der Waals surface area contributed by atoms with Crippen molar-refractivity contribution in [2.75, 3.05) is 10.7 Å². The summed E-state index contributed by atoms with van der Waals surface area (Å²) in [6.07, 6.45) is 0. The van der Waals surface area contributed by atoms with Gasteiger partial charge >= 0.3 is 0 Å². The first-order chi connectivity index (χ1) is 12.4. The molecule has 0 aliphatic heterocycles. The van der Waals surface area contributed by atoms with E-state index in [1.165, 1.54) is 11.1 Å². The van der Waals surface area contributed by atoms with E-state index in [9.17, 15) is 4.79 Å². The van der Waals surface area contributed by atoms with Crippen LogP contribution in [-0.4, -0.2) is 16.4 Å². The summed E-state index contributed by atoms with van der Waals surface area (Å²) in [5.41, 5.74) is 4.77. The highest BCUT2D eigenvalue weighted by atomic mass is 79.9. The maximum atomic E-state index is 13.3. The second kappa shape index (κ2) is 9.85. The summed E-state index contributed by atoms with van der Waals surface area (Å²) in [4.78, 5) is 13.3. The molecule has 0 bridgehead atoms. The fraction of sp³-hybridized carbons (Fsp3) is 0.435. The molecule has 2 unspecified atom stereocenters. The van der Waals surface area contributed by atoms with E-state index in [0.717, 1.165) is 11.1 Å². The van der Waals surface area contributed by atoms with E-state index in [0.29, 0.717) is 22.5 Å². The van der Waals surface area contributed by atoms with Crippen molar-refractivity contribution >= 4 is 37.6 Å². The normalized spacial score (nSPS) is 13.8. The Morgan fingerprint density at radius 1 is 0.654 bits per heavy atom. The first-order valence-corrected chi connectivity index (χ1v) is 11.5. The Bertz CT molecular complexity index is 640. The Labute approximate surface area is 174 Å². The van der Waals surface area contributed by atoms with Gasteiger partial charge in [0, 0.05) is 10.7 Å². The van der Waals surface area contributed by atoms with Crippen LogP contribution in [0.1, 0.15) is 73.6 Å². The van der Waals surface area contributed by atoms with Crippen molar-refractivity contribution in [3.8, 4) is 0 Å². The zero-order valence-corrected chi connectivity index (χ0v) is 19.2. The molecule has 0 N–H and O–H groups in total. The van der Waals surface area contributed by atoms with Gasteiger partial charge < -0.3 is 0 Å². The lowest BCUT2D eigenvalue weighted by Gasteiger charge is -2.21. The molecule has 0 aliphatic carbocycles. The van der Waals surface area contributed by atoms with Crippen LogP contribution in [0.3, 0.4) is 0 Å². The van der Waals surface area contributed by atoms with E-state index in [-0.39, 0.29) is 17.6 Å². The van der Waals surface area contributed by atoms with Gasteiger partial charge in [-0.3, -0.25) is 4.79 Å². The fourth-order valence-corrected chi connectivity index (χ4v) is 4.51. The van der Waals surface area contributed by atoms with E-state index in [1.807, 2.05) is 0 Å². The number of ketones is 1. The van der Waals surface area contributed by atoms with Crippen LogP contribution in [0.5, 0.6) is 0 Å². The SMILES string of the molecule is CC(C)c1ccc(C(CBr)C(=O)C(CBr)c2ccc(C(C)C)cc2)cc1. The molecule has 0 heterocycles. The number of halogens is 2. The molecule has 2 rings (SSSR count). The van der Waals surface area contributed by atoms with Crippen LogP contribution in [0, 0.1) is 0 Å². The second-order valence-corrected chi connectivity index (χ2v) is 8.75. The van der Waals surface area contributed by atoms with Gasteiger partial charge in [0.05, 0.1) is 11.8 Å². The number of Topliss-reactive ketones (excluding diaryl/α,β-unsaturated/α-hetero) is 1. The summed E-state index contributed by atoms with van der Waals surface area (Å²) < 4.78 is 0. The summed E-state index contributed by atoms with van der Waals surface area (Å²) >= 11 is 7.13. The van der Waals surface area contributed by atoms with Gasteiger partial charge in [-0.2, -0.15) is 0 Å². The summed E-state index contributed by atoms with van der Waals surface area (Å²) in [6, 6.07) is 17.0. The molecule has 1 nitrogen and oxygen atoms in total. The molecule has 0 aliphatic rings. The van der Waals surface area contributed by atoms with Gasteiger partial charge in [-0.05, 0) is 34.1 Å². The first-order valence-electron chi connectivity index (χ1n) is 9.24. The maximum absolute atomic E-state index is 13.3. The van der Waals surface area contributed by atoms with Crippen LogP contribution in [0.2, 0.25) is 0 Å². The smallest absolute Gasteiger partial charge is 0.149 e. The zero-order chi connectivity index (χ0) is 19.3. The summed E-state index contributed by atoms with van der Waals surface area (Å²) in [7, 11) is 0. The monoisotopic (exact) mass is 478 g/mol. The van der Waals surface area contributed by atoms with Crippen LogP contribution in [0.15, 0.2) is 48.5 Å². The van der Waals surface area contributed by atoms with Crippen molar-refractivity contribution < 1.29 is 4.79 Å². The minimum atomic E-state index is -0.136. The van der Waals surface area contributed by atoms with Crippen molar-refractivity contribution in [2.45, 2.75) is 51.4 Å². The van der Waals surface area contributed by atoms with Crippen LogP contribution in [0.4, 0.5) is 0 Å². The van der Waals surface area contributed by atoms with Crippen molar-refractivity contribution in [2.24, 2.45) is 0 Å². The Balaban J connectivity index is 2.26. The van der Waals surface area contributed by atoms with Gasteiger partial charge in [-0.25, -0.2) is 0 Å². The van der Waals surface area contributed by atoms with Gasteiger partial charge in [0.15, 0.2) is 0 Å². The molecule has 26 heavy (non-hydrogen) atoms. The molecule has 0 spiro atoms. The molecule has 0 amide bonds. The standard InChI is InChI=1S/C23H28Br2O/c1-15(2)17-5-9-19(10-6-17)21(13-24)23(26)22(14-25)20-11-7-18(8-12-20)16(3)4/h5-12,15-16,21-22H,13-14H2,1-4H3. The number of carbonyl (C=O) groups is 1. The molecular formula is C23H28Br2O. The first kappa shape index (κ1) is 21.4. The predicted molar refractivity (Wildman–Crippen MR) is 119 cm³/mol. The van der Waals surface area contributed by atoms with E-state index in [2.05, 4.69) is 108 Å². The lowest BCUT2D eigenvalue weighted by atomic mass is 9.84. The zero-order valence-electron chi connectivity index (χ0n) is 16.0. The van der Waals surface area contributed by atoms with Crippen molar-refractivity contribution in [3.63, 3.8) is 0 Å². The highest BCUT2D eigenvalue weighted by molar-refractivity contribution is 9.09. The molecule has 0 fully saturated rings. The maximum Gasteiger partial charge on any atom is 0.149 e. The van der Waals surface area contributed by atoms with Crippen LogP contribution in [-0.2, 0) is 4.79 Å². The summed E-state index contributed by atoms with van der Waals surface area (Å²) in [5.74, 6) is 0.981.